The Hall–Kier alpha value is -1.84. The van der Waals surface area contributed by atoms with Gasteiger partial charge in [0.15, 0.2) is 0 Å². The zero-order chi connectivity index (χ0) is 13.2. The average Bonchev–Trinajstić information content (AvgIpc) is 2.84. The third kappa shape index (κ3) is 2.35. The molecule has 0 atom stereocenters. The predicted molar refractivity (Wildman–Crippen MR) is 75.0 cm³/mol. The van der Waals surface area contributed by atoms with Crippen LogP contribution in [0.15, 0.2) is 24.4 Å². The fourth-order valence-electron chi connectivity index (χ4n) is 2.60. The standard InChI is InChI=1S/C15H19N3O/c1-2-18(10-11-4-3-5-11)15(19)12-6-7-13-9-16-17-14(13)8-12/h6-9,11H,2-5,10H2,1H3,(H,16,17). The first-order chi connectivity index (χ1) is 9.28. The van der Waals surface area contributed by atoms with E-state index in [2.05, 4.69) is 10.2 Å². The Bertz CT molecular complexity index is 586. The van der Waals surface area contributed by atoms with E-state index < -0.39 is 0 Å². The number of amides is 1. The van der Waals surface area contributed by atoms with E-state index in [0.29, 0.717) is 5.92 Å². The Morgan fingerprint density at radius 1 is 1.47 bits per heavy atom. The molecule has 0 spiro atoms. The second-order valence-corrected chi connectivity index (χ2v) is 5.31. The van der Waals surface area contributed by atoms with Gasteiger partial charge in [0.2, 0.25) is 0 Å². The number of nitrogens with one attached hydrogen (secondary N) is 1. The fraction of sp³-hybridized carbons (Fsp3) is 0.467. The van der Waals surface area contributed by atoms with Crippen LogP contribution in [0.2, 0.25) is 0 Å². The maximum absolute atomic E-state index is 12.5. The minimum Gasteiger partial charge on any atom is -0.339 e. The highest BCUT2D eigenvalue weighted by Crippen LogP contribution is 2.27. The number of carbonyl (C=O) groups excluding carboxylic acids is 1. The number of nitrogens with zero attached hydrogens (tertiary/aromatic N) is 2. The van der Waals surface area contributed by atoms with Gasteiger partial charge in [-0.2, -0.15) is 5.10 Å². The van der Waals surface area contributed by atoms with Gasteiger partial charge in [-0.25, -0.2) is 0 Å². The van der Waals surface area contributed by atoms with Crippen molar-refractivity contribution in [3.63, 3.8) is 0 Å². The number of benzene rings is 1. The molecular weight excluding hydrogens is 238 g/mol. The van der Waals surface area contributed by atoms with Crippen molar-refractivity contribution in [3.05, 3.63) is 30.0 Å². The summed E-state index contributed by atoms with van der Waals surface area (Å²) >= 11 is 0. The summed E-state index contributed by atoms with van der Waals surface area (Å²) in [7, 11) is 0. The van der Waals surface area contributed by atoms with Crippen molar-refractivity contribution in [3.8, 4) is 0 Å². The molecule has 1 heterocycles. The van der Waals surface area contributed by atoms with E-state index >= 15 is 0 Å². The van der Waals surface area contributed by atoms with Crippen LogP contribution in [-0.2, 0) is 0 Å². The van der Waals surface area contributed by atoms with E-state index in [9.17, 15) is 4.79 Å². The van der Waals surface area contributed by atoms with Crippen molar-refractivity contribution in [2.75, 3.05) is 13.1 Å². The summed E-state index contributed by atoms with van der Waals surface area (Å²) in [6.45, 7) is 3.72. The van der Waals surface area contributed by atoms with Crippen LogP contribution < -0.4 is 0 Å². The molecule has 2 aromatic rings. The maximum Gasteiger partial charge on any atom is 0.253 e. The fourth-order valence-corrected chi connectivity index (χ4v) is 2.60. The summed E-state index contributed by atoms with van der Waals surface area (Å²) in [5.74, 6) is 0.839. The molecule has 1 aliphatic carbocycles. The summed E-state index contributed by atoms with van der Waals surface area (Å²) in [6.07, 6.45) is 5.62. The Balaban J connectivity index is 1.79. The van der Waals surface area contributed by atoms with Gasteiger partial charge in [0.05, 0.1) is 11.7 Å². The molecule has 1 aromatic heterocycles. The van der Waals surface area contributed by atoms with Crippen LogP contribution >= 0.6 is 0 Å². The first-order valence-corrected chi connectivity index (χ1v) is 7.00. The summed E-state index contributed by atoms with van der Waals surface area (Å²) in [6, 6.07) is 5.74. The van der Waals surface area contributed by atoms with Gasteiger partial charge in [0.1, 0.15) is 0 Å². The highest BCUT2D eigenvalue weighted by Gasteiger charge is 2.23. The van der Waals surface area contributed by atoms with Crippen molar-refractivity contribution in [2.45, 2.75) is 26.2 Å². The van der Waals surface area contributed by atoms with E-state index in [1.807, 2.05) is 30.0 Å². The number of aromatic nitrogens is 2. The minimum absolute atomic E-state index is 0.130. The topological polar surface area (TPSA) is 49.0 Å². The third-order valence-electron chi connectivity index (χ3n) is 4.06. The molecule has 4 nitrogen and oxygen atoms in total. The Kier molecular flexibility index (Phi) is 3.23. The first kappa shape index (κ1) is 12.2. The van der Waals surface area contributed by atoms with Crippen LogP contribution in [0.3, 0.4) is 0 Å². The Labute approximate surface area is 112 Å². The van der Waals surface area contributed by atoms with E-state index in [4.69, 9.17) is 0 Å². The molecule has 0 radical (unpaired) electrons. The molecule has 100 valence electrons. The van der Waals surface area contributed by atoms with Crippen LogP contribution in [0.1, 0.15) is 36.5 Å². The maximum atomic E-state index is 12.5. The number of hydrogen-bond acceptors (Lipinski definition) is 2. The van der Waals surface area contributed by atoms with Gasteiger partial charge in [-0.15, -0.1) is 0 Å². The molecule has 19 heavy (non-hydrogen) atoms. The van der Waals surface area contributed by atoms with Crippen molar-refractivity contribution in [2.24, 2.45) is 5.92 Å². The van der Waals surface area contributed by atoms with Gasteiger partial charge in [-0.3, -0.25) is 9.89 Å². The van der Waals surface area contributed by atoms with Crippen LogP contribution in [0.4, 0.5) is 0 Å². The van der Waals surface area contributed by atoms with Crippen LogP contribution in [0, 0.1) is 5.92 Å². The van der Waals surface area contributed by atoms with Gasteiger partial charge < -0.3 is 4.90 Å². The molecule has 1 amide bonds. The monoisotopic (exact) mass is 257 g/mol. The van der Waals surface area contributed by atoms with E-state index in [0.717, 1.165) is 29.6 Å². The van der Waals surface area contributed by atoms with Gasteiger partial charge in [0, 0.05) is 24.0 Å². The lowest BCUT2D eigenvalue weighted by molar-refractivity contribution is 0.0706. The number of rotatable bonds is 4. The molecule has 0 unspecified atom stereocenters. The third-order valence-corrected chi connectivity index (χ3v) is 4.06. The average molecular weight is 257 g/mol. The van der Waals surface area contributed by atoms with E-state index in [1.165, 1.54) is 19.3 Å². The molecule has 0 aliphatic heterocycles. The SMILES string of the molecule is CCN(CC1CCC1)C(=O)c1ccc2cn[nH]c2c1. The van der Waals surface area contributed by atoms with Crippen molar-refractivity contribution >= 4 is 16.8 Å². The Morgan fingerprint density at radius 3 is 3.00 bits per heavy atom. The zero-order valence-electron chi connectivity index (χ0n) is 11.2. The number of hydrogen-bond donors (Lipinski definition) is 1. The van der Waals surface area contributed by atoms with E-state index in [1.54, 1.807) is 6.20 Å². The van der Waals surface area contributed by atoms with Gasteiger partial charge >= 0.3 is 0 Å². The lowest BCUT2D eigenvalue weighted by Crippen LogP contribution is -2.37. The zero-order valence-corrected chi connectivity index (χ0v) is 11.2. The van der Waals surface area contributed by atoms with Crippen LogP contribution in [0.25, 0.3) is 10.9 Å². The summed E-state index contributed by atoms with van der Waals surface area (Å²) < 4.78 is 0. The Morgan fingerprint density at radius 2 is 2.32 bits per heavy atom. The molecule has 0 bridgehead atoms. The molecule has 1 aromatic carbocycles. The van der Waals surface area contributed by atoms with Crippen molar-refractivity contribution in [1.82, 2.24) is 15.1 Å². The number of H-pyrrole nitrogens is 1. The molecule has 3 rings (SSSR count). The molecule has 1 N–H and O–H groups in total. The first-order valence-electron chi connectivity index (χ1n) is 7.00. The largest absolute Gasteiger partial charge is 0.339 e. The lowest BCUT2D eigenvalue weighted by Gasteiger charge is -2.31. The van der Waals surface area contributed by atoms with Gasteiger partial charge in [-0.05, 0) is 37.8 Å². The molecule has 4 heteroatoms. The highest BCUT2D eigenvalue weighted by atomic mass is 16.2. The number of aromatic amines is 1. The van der Waals surface area contributed by atoms with Crippen molar-refractivity contribution < 1.29 is 4.79 Å². The van der Waals surface area contributed by atoms with Crippen LogP contribution in [-0.4, -0.2) is 34.1 Å². The van der Waals surface area contributed by atoms with Crippen molar-refractivity contribution in [1.29, 1.82) is 0 Å². The number of carbonyl (C=O) groups is 1. The lowest BCUT2D eigenvalue weighted by atomic mass is 9.85. The van der Waals surface area contributed by atoms with E-state index in [-0.39, 0.29) is 5.91 Å². The summed E-state index contributed by atoms with van der Waals surface area (Å²) in [5.41, 5.74) is 1.67. The second kappa shape index (κ2) is 5.03. The molecule has 1 aliphatic rings. The summed E-state index contributed by atoms with van der Waals surface area (Å²) in [4.78, 5) is 14.5. The predicted octanol–water partition coefficient (Wildman–Crippen LogP) is 2.83. The molecule has 1 saturated carbocycles. The minimum atomic E-state index is 0.130. The van der Waals surface area contributed by atoms with Crippen LogP contribution in [0.5, 0.6) is 0 Å². The molecule has 0 saturated heterocycles. The molecule has 1 fully saturated rings. The van der Waals surface area contributed by atoms with Gasteiger partial charge in [-0.1, -0.05) is 12.5 Å². The number of fused-ring (bicyclic) bond motifs is 1. The van der Waals surface area contributed by atoms with Gasteiger partial charge in [0.25, 0.3) is 5.91 Å². The second-order valence-electron chi connectivity index (χ2n) is 5.31. The smallest absolute Gasteiger partial charge is 0.253 e. The normalized spacial score (nSPS) is 15.4. The highest BCUT2D eigenvalue weighted by molar-refractivity contribution is 5.97. The quantitative estimate of drug-likeness (QED) is 0.915. The molecular formula is C15H19N3O. The summed E-state index contributed by atoms with van der Waals surface area (Å²) in [5, 5.41) is 7.94.